The number of hydrogen-bond acceptors (Lipinski definition) is 8. The summed E-state index contributed by atoms with van der Waals surface area (Å²) in [7, 11) is -7.13. The van der Waals surface area contributed by atoms with Gasteiger partial charge in [-0.25, -0.2) is 0 Å². The lowest BCUT2D eigenvalue weighted by molar-refractivity contribution is 0.218. The van der Waals surface area contributed by atoms with Crippen LogP contribution in [0.15, 0.2) is 84.9 Å². The van der Waals surface area contributed by atoms with E-state index in [1.165, 1.54) is 59.3 Å². The molecule has 2 N–H and O–H groups in total. The van der Waals surface area contributed by atoms with Crippen LogP contribution >= 0.6 is 30.5 Å². The molecule has 79 heavy (non-hydrogen) atoms. The molecule has 2 atom stereocenters. The lowest BCUT2D eigenvalue weighted by atomic mass is 9.88. The lowest BCUT2D eigenvalue weighted by Crippen LogP contribution is -2.36. The molecule has 2 aliphatic heterocycles. The van der Waals surface area contributed by atoms with Crippen molar-refractivity contribution in [1.29, 1.82) is 0 Å². The Labute approximate surface area is 489 Å². The predicted octanol–water partition coefficient (Wildman–Crippen LogP) is 18.2. The number of anilines is 2. The van der Waals surface area contributed by atoms with Crippen LogP contribution in [-0.4, -0.2) is 81.4 Å². The molecule has 0 aliphatic carbocycles. The third kappa shape index (κ3) is 27.3. The third-order valence-electron chi connectivity index (χ3n) is 14.6. The minimum absolute atomic E-state index is 0.0487. The van der Waals surface area contributed by atoms with Gasteiger partial charge in [0, 0.05) is 37.6 Å². The Balaban J connectivity index is 0.000000315. The smallest absolute Gasteiger partial charge is 0.331 e. The summed E-state index contributed by atoms with van der Waals surface area (Å²) in [5, 5.41) is 0. The molecule has 0 amide bonds. The second-order valence-corrected chi connectivity index (χ2v) is 41.1. The molecule has 0 saturated carbocycles. The maximum atomic E-state index is 13.0. The summed E-state index contributed by atoms with van der Waals surface area (Å²) < 4.78 is 47.8. The van der Waals surface area contributed by atoms with E-state index in [1.807, 2.05) is 57.2 Å². The maximum absolute atomic E-state index is 13.0. The van der Waals surface area contributed by atoms with Crippen LogP contribution in [0.5, 0.6) is 11.5 Å². The fraction of sp³-hybridized carbons (Fsp3) is 0.631. The monoisotopic (exact) mass is 1210 g/mol. The van der Waals surface area contributed by atoms with E-state index in [-0.39, 0.29) is 18.0 Å². The molecule has 2 heterocycles. The largest absolute Gasteiger partial charge is 0.493 e. The van der Waals surface area contributed by atoms with Gasteiger partial charge in [0.2, 0.25) is 0 Å². The molecule has 0 bridgehead atoms. The minimum Gasteiger partial charge on any atom is -0.493 e. The van der Waals surface area contributed by atoms with Gasteiger partial charge in [-0.15, -0.1) is 15.3 Å². The van der Waals surface area contributed by atoms with E-state index in [1.54, 1.807) is 0 Å². The summed E-state index contributed by atoms with van der Waals surface area (Å²) in [6.45, 7) is 38.3. The van der Waals surface area contributed by atoms with E-state index in [2.05, 4.69) is 156 Å². The lowest BCUT2D eigenvalue weighted by Gasteiger charge is -2.35. The predicted molar refractivity (Wildman–Crippen MR) is 343 cm³/mol. The van der Waals surface area contributed by atoms with Crippen molar-refractivity contribution in [2.45, 2.75) is 179 Å². The molecule has 0 radical (unpaired) electrons. The van der Waals surface area contributed by atoms with Crippen molar-refractivity contribution in [1.82, 2.24) is 0 Å². The zero-order chi connectivity index (χ0) is 58.6. The van der Waals surface area contributed by atoms with Gasteiger partial charge < -0.3 is 38.1 Å². The van der Waals surface area contributed by atoms with Gasteiger partial charge in [0.25, 0.3) is 0 Å². The summed E-state index contributed by atoms with van der Waals surface area (Å²) in [5.74, 6) is 2.55. The van der Waals surface area contributed by atoms with Gasteiger partial charge in [0.15, 0.2) is 0 Å². The van der Waals surface area contributed by atoms with Crippen LogP contribution in [0.1, 0.15) is 166 Å². The highest BCUT2D eigenvalue weighted by Crippen LogP contribution is 2.51. The van der Waals surface area contributed by atoms with Crippen molar-refractivity contribution in [3.05, 3.63) is 118 Å². The fourth-order valence-electron chi connectivity index (χ4n) is 10.3. The summed E-state index contributed by atoms with van der Waals surface area (Å²) in [6.07, 6.45) is 11.9. The van der Waals surface area contributed by atoms with Crippen molar-refractivity contribution in [3.63, 3.8) is 0 Å². The summed E-state index contributed by atoms with van der Waals surface area (Å²) in [4.78, 5) is 23.7. The molecule has 10 nitrogen and oxygen atoms in total. The molecule has 0 spiro atoms. The van der Waals surface area contributed by atoms with E-state index < -0.39 is 21.9 Å². The Kier molecular flexibility index (Phi) is 28.0. The number of benzene rings is 4. The molecule has 444 valence electrons. The normalized spacial score (nSPS) is 15.9. The SMILES string of the molecule is CCOP(=O)(C[C@H](C)c1cccc(OCC2CCN(c3cc(C)ccc3CCCC(C)(C)C)CC2)c1)OCC.C[Si](C)(C)Br.Cc1ccc(CCCC(C)(C)C)c(N2CCC(COc3cccc([C@@H](C)CP(=O)(O)O)c3)CC2)c1. The molecule has 14 heteroatoms. The minimum atomic E-state index is -4.04. The Bertz CT molecular complexity index is 2500. The van der Waals surface area contributed by atoms with Crippen molar-refractivity contribution >= 4 is 48.6 Å². The van der Waals surface area contributed by atoms with Crippen LogP contribution in [0, 0.1) is 36.5 Å². The number of halogens is 1. The molecular weight excluding hydrogens is 1110 g/mol. The molecule has 2 saturated heterocycles. The molecule has 4 aromatic carbocycles. The van der Waals surface area contributed by atoms with E-state index in [0.29, 0.717) is 48.6 Å². The first-order chi connectivity index (χ1) is 36.9. The highest BCUT2D eigenvalue weighted by molar-refractivity contribution is 9.26. The van der Waals surface area contributed by atoms with Gasteiger partial charge in [0.1, 0.15) is 18.2 Å². The topological polar surface area (TPSA) is 118 Å². The van der Waals surface area contributed by atoms with Crippen molar-refractivity contribution in [3.8, 4) is 11.5 Å². The Morgan fingerprint density at radius 3 is 1.32 bits per heavy atom. The highest BCUT2D eigenvalue weighted by atomic mass is 79.9. The molecule has 0 unspecified atom stereocenters. The van der Waals surface area contributed by atoms with Gasteiger partial charge in [-0.3, -0.25) is 9.13 Å². The highest BCUT2D eigenvalue weighted by Gasteiger charge is 2.29. The van der Waals surface area contributed by atoms with E-state index in [0.717, 1.165) is 93.9 Å². The molecular formula is C65H105BrN2O8P2Si. The first kappa shape index (κ1) is 68.6. The Morgan fingerprint density at radius 1 is 0.608 bits per heavy atom. The first-order valence-corrected chi connectivity index (χ1v) is 39.0. The zero-order valence-electron chi connectivity index (χ0n) is 51.5. The van der Waals surface area contributed by atoms with Crippen LogP contribution < -0.4 is 19.3 Å². The number of nitrogens with zero attached hydrogens (tertiary/aromatic N) is 2. The van der Waals surface area contributed by atoms with E-state index >= 15 is 0 Å². The van der Waals surface area contributed by atoms with Gasteiger partial charge in [-0.2, -0.15) is 0 Å². The average molecular weight is 1210 g/mol. The van der Waals surface area contributed by atoms with Crippen LogP contribution in [0.4, 0.5) is 11.4 Å². The van der Waals surface area contributed by atoms with Gasteiger partial charge in [-0.1, -0.05) is 124 Å². The van der Waals surface area contributed by atoms with Crippen LogP contribution in [-0.2, 0) is 31.0 Å². The van der Waals surface area contributed by atoms with Crippen molar-refractivity contribution < 1.29 is 37.4 Å². The molecule has 0 aromatic heterocycles. The van der Waals surface area contributed by atoms with Crippen LogP contribution in [0.2, 0.25) is 19.6 Å². The number of hydrogen-bond donors (Lipinski definition) is 2. The van der Waals surface area contributed by atoms with Gasteiger partial charge in [0.05, 0.1) is 38.8 Å². The van der Waals surface area contributed by atoms with Gasteiger partial charge >= 0.3 is 15.2 Å². The van der Waals surface area contributed by atoms with E-state index in [4.69, 9.17) is 18.5 Å². The second-order valence-electron chi connectivity index (χ2n) is 26.1. The first-order valence-electron chi connectivity index (χ1n) is 29.7. The number of rotatable bonds is 24. The molecule has 2 aliphatic rings. The standard InChI is InChI=1S/C33H52NO4P.C29H44NO4P.C3H9BrSi/c1-8-37-39(35,38-9-2)25-27(4)30-12-10-14-31(23-30)36-24-28-17-20-34(21-18-28)32-22-26(3)15-16-29(32)13-11-19-33(5,6)7;1-22-11-12-25(9-7-15-29(3,4)5)28(18-22)30-16-13-24(14-17-30)20-34-27-10-6-8-26(19-27)23(2)21-35(31,32)33;1-5(2,3)4/h10,12,14-16,22-23,27-28H,8-9,11,13,17-21,24-25H2,1-7H3;6,8,10-12,18-19,23-24H,7,9,13-17,20-21H2,1-5H3,(H2,31,32,33);1-3H3/t27-;23-;/m00./s1. The van der Waals surface area contributed by atoms with Gasteiger partial charge in [-0.05, 0) is 196 Å². The number of ether oxygens (including phenoxy) is 2. The maximum Gasteiger partial charge on any atom is 0.331 e. The summed E-state index contributed by atoms with van der Waals surface area (Å²) in [6, 6.07) is 29.8. The Morgan fingerprint density at radius 2 is 0.975 bits per heavy atom. The number of piperidine rings is 2. The molecule has 4 aromatic rings. The van der Waals surface area contributed by atoms with Crippen molar-refractivity contribution in [2.24, 2.45) is 22.7 Å². The van der Waals surface area contributed by atoms with E-state index in [9.17, 15) is 18.9 Å². The van der Waals surface area contributed by atoms with Crippen molar-refractivity contribution in [2.75, 3.05) is 74.7 Å². The quantitative estimate of drug-likeness (QED) is 0.0399. The summed E-state index contributed by atoms with van der Waals surface area (Å²) >= 11 is 3.51. The third-order valence-corrected chi connectivity index (χ3v) is 17.9. The molecule has 2 fully saturated rings. The number of aryl methyl sites for hydroxylation is 4. The zero-order valence-corrected chi connectivity index (χ0v) is 55.9. The summed E-state index contributed by atoms with van der Waals surface area (Å²) in [5.41, 5.74) is 11.2. The van der Waals surface area contributed by atoms with Crippen LogP contribution in [0.25, 0.3) is 0 Å². The van der Waals surface area contributed by atoms with Crippen LogP contribution in [0.3, 0.4) is 0 Å². The average Bonchev–Trinajstić information content (AvgIpc) is 3.37. The second kappa shape index (κ2) is 32.2. The Hall–Kier alpha value is -2.92. The molecule has 6 rings (SSSR count). The fourth-order valence-corrected chi connectivity index (χ4v) is 13.2.